The van der Waals surface area contributed by atoms with Crippen LogP contribution in [0.1, 0.15) is 26.2 Å². The Morgan fingerprint density at radius 3 is 1.68 bits per heavy atom. The third kappa shape index (κ3) is 8.59. The molecule has 8 heteroatoms. The van der Waals surface area contributed by atoms with E-state index in [2.05, 4.69) is 79.8 Å². The van der Waals surface area contributed by atoms with Crippen molar-refractivity contribution in [3.05, 3.63) is 95.8 Å². The summed E-state index contributed by atoms with van der Waals surface area (Å²) in [6, 6.07) is 0. The highest BCUT2D eigenvalue weighted by Gasteiger charge is 2.42. The van der Waals surface area contributed by atoms with Gasteiger partial charge < -0.3 is 37.9 Å². The van der Waals surface area contributed by atoms with Gasteiger partial charge in [-0.1, -0.05) is 43.4 Å². The summed E-state index contributed by atoms with van der Waals surface area (Å²) in [5.74, 6) is 4.80. The summed E-state index contributed by atoms with van der Waals surface area (Å²) in [5.41, 5.74) is 1.40. The van der Waals surface area contributed by atoms with E-state index in [1.165, 1.54) is 5.57 Å². The molecule has 4 aliphatic heterocycles. The lowest BCUT2D eigenvalue weighted by atomic mass is 9.60. The van der Waals surface area contributed by atoms with E-state index >= 15 is 0 Å². The smallest absolute Gasteiger partial charge is 0.117 e. The predicted octanol–water partition coefficient (Wildman–Crippen LogP) is 5.76. The zero-order valence-corrected chi connectivity index (χ0v) is 27.3. The summed E-state index contributed by atoms with van der Waals surface area (Å²) in [7, 11) is 0. The van der Waals surface area contributed by atoms with Crippen LogP contribution in [0.2, 0.25) is 0 Å². The Bertz CT molecular complexity index is 1370. The number of epoxide rings is 4. The Balaban J connectivity index is 1.05. The van der Waals surface area contributed by atoms with Gasteiger partial charge in [0.25, 0.3) is 0 Å². The minimum atomic E-state index is 0.0905. The summed E-state index contributed by atoms with van der Waals surface area (Å²) >= 11 is 0. The molecule has 8 rings (SSSR count). The molecule has 4 fully saturated rings. The van der Waals surface area contributed by atoms with Gasteiger partial charge >= 0.3 is 0 Å². The molecule has 8 aliphatic rings. The standard InChI is InChI=1S/C39H48O8/c1-25-16-32(43-20-36-24-47-36)14-15-37(25)39(28-6-12-31(13-7-28)42-19-35-23-46-35)38(26-2-8-29(9-3-26)40-17-33-21-44-33)27-4-10-30(11-5-27)41-18-34-22-45-34/h2-4,6,8,10-16,25,27-29,33-39H,5,7,9,17-24H2,1H3. The topological polar surface area (TPSA) is 87.0 Å². The summed E-state index contributed by atoms with van der Waals surface area (Å²) in [5, 5.41) is 0. The maximum Gasteiger partial charge on any atom is 0.117 e. The first-order chi connectivity index (χ1) is 23.1. The highest BCUT2D eigenvalue weighted by Crippen LogP contribution is 2.49. The summed E-state index contributed by atoms with van der Waals surface area (Å²) < 4.78 is 46.0. The predicted molar refractivity (Wildman–Crippen MR) is 176 cm³/mol. The Labute approximate surface area is 278 Å². The largest absolute Gasteiger partial charge is 0.491 e. The van der Waals surface area contributed by atoms with Gasteiger partial charge in [0.2, 0.25) is 0 Å². The second kappa shape index (κ2) is 14.3. The van der Waals surface area contributed by atoms with Gasteiger partial charge in [0, 0.05) is 0 Å². The quantitative estimate of drug-likeness (QED) is 0.185. The minimum absolute atomic E-state index is 0.0905. The van der Waals surface area contributed by atoms with Crippen LogP contribution >= 0.6 is 0 Å². The van der Waals surface area contributed by atoms with Crippen LogP contribution in [0.5, 0.6) is 0 Å². The van der Waals surface area contributed by atoms with Gasteiger partial charge in [0.05, 0.1) is 39.1 Å². The first kappa shape index (κ1) is 31.4. The van der Waals surface area contributed by atoms with Crippen molar-refractivity contribution in [3.8, 4) is 0 Å². The third-order valence-corrected chi connectivity index (χ3v) is 10.4. The van der Waals surface area contributed by atoms with Crippen LogP contribution in [0, 0.1) is 35.5 Å². The molecule has 0 saturated carbocycles. The number of allylic oxidation sites excluding steroid dienone is 11. The average molecular weight is 645 g/mol. The molecule has 0 amide bonds. The lowest BCUT2D eigenvalue weighted by Crippen LogP contribution is -2.38. The van der Waals surface area contributed by atoms with Crippen molar-refractivity contribution >= 4 is 0 Å². The van der Waals surface area contributed by atoms with Crippen LogP contribution in [0.25, 0.3) is 0 Å². The van der Waals surface area contributed by atoms with Crippen molar-refractivity contribution in [3.63, 3.8) is 0 Å². The normalized spacial score (nSPS) is 37.6. The summed E-state index contributed by atoms with van der Waals surface area (Å²) in [4.78, 5) is 0. The SMILES string of the molecule is CC1C=C(OCC2CO2)C=CC1C(C1C=CC(OCC2CO2)=CC1)C(C1=CCC(OCC2CO2)C=C1)C1C=CC(OCC2CO2)=CC1. The Kier molecular flexibility index (Phi) is 9.56. The van der Waals surface area contributed by atoms with Crippen LogP contribution in [0.4, 0.5) is 0 Å². The highest BCUT2D eigenvalue weighted by molar-refractivity contribution is 5.34. The van der Waals surface area contributed by atoms with E-state index < -0.39 is 0 Å². The third-order valence-electron chi connectivity index (χ3n) is 10.4. The lowest BCUT2D eigenvalue weighted by molar-refractivity contribution is 0.0722. The minimum Gasteiger partial charge on any atom is -0.491 e. The van der Waals surface area contributed by atoms with Gasteiger partial charge in [-0.2, -0.15) is 0 Å². The Hall–Kier alpha value is -2.88. The maximum absolute atomic E-state index is 6.18. The number of ether oxygens (including phenoxy) is 8. The van der Waals surface area contributed by atoms with Gasteiger partial charge in [0.1, 0.15) is 61.5 Å². The van der Waals surface area contributed by atoms with E-state index in [1.54, 1.807) is 0 Å². The molecule has 11 atom stereocenters. The number of hydrogen-bond donors (Lipinski definition) is 0. The fourth-order valence-electron chi connectivity index (χ4n) is 7.37. The molecule has 4 heterocycles. The first-order valence-corrected chi connectivity index (χ1v) is 17.7. The number of rotatable bonds is 17. The highest BCUT2D eigenvalue weighted by atomic mass is 16.6. The van der Waals surface area contributed by atoms with Crippen molar-refractivity contribution in [2.45, 2.75) is 56.7 Å². The molecular weight excluding hydrogens is 596 g/mol. The van der Waals surface area contributed by atoms with Crippen LogP contribution in [0.3, 0.4) is 0 Å². The average Bonchev–Trinajstić information content (AvgIpc) is 3.92. The van der Waals surface area contributed by atoms with Crippen LogP contribution < -0.4 is 0 Å². The summed E-state index contributed by atoms with van der Waals surface area (Å²) in [6.45, 7) is 8.10. The van der Waals surface area contributed by atoms with E-state index in [9.17, 15) is 0 Å². The fraction of sp³-hybridized carbons (Fsp3) is 0.590. The van der Waals surface area contributed by atoms with Crippen molar-refractivity contribution in [1.29, 1.82) is 0 Å². The second-order valence-corrected chi connectivity index (χ2v) is 14.1. The molecular formula is C39H48O8. The molecule has 0 aromatic carbocycles. The van der Waals surface area contributed by atoms with Crippen LogP contribution in [-0.4, -0.2) is 83.4 Å². The van der Waals surface area contributed by atoms with Crippen molar-refractivity contribution < 1.29 is 37.9 Å². The first-order valence-electron chi connectivity index (χ1n) is 17.7. The van der Waals surface area contributed by atoms with Gasteiger partial charge in [-0.05, 0) is 96.8 Å². The fourth-order valence-corrected chi connectivity index (χ4v) is 7.37. The zero-order chi connectivity index (χ0) is 31.6. The molecule has 4 saturated heterocycles. The molecule has 0 aromatic rings. The van der Waals surface area contributed by atoms with Crippen molar-refractivity contribution in [2.75, 3.05) is 52.9 Å². The molecule has 0 spiro atoms. The van der Waals surface area contributed by atoms with E-state index in [4.69, 9.17) is 37.9 Å². The van der Waals surface area contributed by atoms with E-state index in [1.807, 2.05) is 0 Å². The maximum atomic E-state index is 6.18. The van der Waals surface area contributed by atoms with Crippen LogP contribution in [0.15, 0.2) is 95.8 Å². The molecule has 0 aromatic heterocycles. The molecule has 252 valence electrons. The van der Waals surface area contributed by atoms with Gasteiger partial charge in [-0.15, -0.1) is 0 Å². The Morgan fingerprint density at radius 2 is 1.17 bits per heavy atom. The molecule has 0 radical (unpaired) electrons. The van der Waals surface area contributed by atoms with Crippen molar-refractivity contribution in [2.24, 2.45) is 35.5 Å². The van der Waals surface area contributed by atoms with Crippen molar-refractivity contribution in [1.82, 2.24) is 0 Å². The second-order valence-electron chi connectivity index (χ2n) is 14.1. The zero-order valence-electron chi connectivity index (χ0n) is 27.3. The molecule has 8 nitrogen and oxygen atoms in total. The lowest BCUT2D eigenvalue weighted by Gasteiger charge is -2.44. The number of hydrogen-bond acceptors (Lipinski definition) is 8. The molecule has 11 unspecified atom stereocenters. The molecule has 47 heavy (non-hydrogen) atoms. The molecule has 0 N–H and O–H groups in total. The van der Waals surface area contributed by atoms with Crippen LogP contribution in [-0.2, 0) is 37.9 Å². The van der Waals surface area contributed by atoms with E-state index in [0.717, 1.165) is 63.0 Å². The summed E-state index contributed by atoms with van der Waals surface area (Å²) in [6.07, 6.45) is 31.6. The van der Waals surface area contributed by atoms with E-state index in [0.29, 0.717) is 56.0 Å². The Morgan fingerprint density at radius 1 is 0.617 bits per heavy atom. The molecule has 4 aliphatic carbocycles. The van der Waals surface area contributed by atoms with Gasteiger partial charge in [-0.25, -0.2) is 0 Å². The van der Waals surface area contributed by atoms with Gasteiger partial charge in [-0.3, -0.25) is 0 Å². The monoisotopic (exact) mass is 644 g/mol. The van der Waals surface area contributed by atoms with E-state index in [-0.39, 0.29) is 36.4 Å². The molecule has 0 bridgehead atoms. The van der Waals surface area contributed by atoms with Gasteiger partial charge in [0.15, 0.2) is 0 Å².